The number of aliphatic hydroxyl groups is 4. The molecule has 0 spiro atoms. The van der Waals surface area contributed by atoms with Crippen LogP contribution in [0.2, 0.25) is 0 Å². The number of aliphatic hydroxyl groups excluding tert-OH is 4. The Kier molecular flexibility index (Phi) is 12.6. The smallest absolute Gasteiger partial charge is 0.252 e. The van der Waals surface area contributed by atoms with Crippen molar-refractivity contribution < 1.29 is 34.8 Å². The van der Waals surface area contributed by atoms with Gasteiger partial charge in [-0.2, -0.15) is 0 Å². The van der Waals surface area contributed by atoms with Gasteiger partial charge in [0.2, 0.25) is 5.91 Å². The Morgan fingerprint density at radius 3 is 1.29 bits per heavy atom. The molecule has 0 radical (unpaired) electrons. The quantitative estimate of drug-likeness (QED) is 0.277. The zero-order valence-corrected chi connectivity index (χ0v) is 19.0. The molecule has 0 aliphatic rings. The summed E-state index contributed by atoms with van der Waals surface area (Å²) < 4.78 is 0. The van der Waals surface area contributed by atoms with Gasteiger partial charge in [0.1, 0.15) is 0 Å². The molecule has 0 atom stereocenters. The minimum atomic E-state index is -0.891. The van der Waals surface area contributed by atoms with E-state index >= 15 is 0 Å². The minimum Gasteiger partial charge on any atom is -0.394 e. The van der Waals surface area contributed by atoms with Gasteiger partial charge in [0.05, 0.1) is 38.5 Å². The average molecular weight is 442 g/mol. The number of benzene rings is 1. The van der Waals surface area contributed by atoms with E-state index in [0.717, 1.165) is 0 Å². The van der Waals surface area contributed by atoms with Gasteiger partial charge in [-0.05, 0) is 37.5 Å². The molecule has 0 saturated carbocycles. The topological polar surface area (TPSA) is 168 Å². The maximum atomic E-state index is 12.8. The van der Waals surface area contributed by atoms with Gasteiger partial charge in [-0.15, -0.1) is 0 Å². The van der Waals surface area contributed by atoms with Crippen molar-refractivity contribution in [2.24, 2.45) is 0 Å². The summed E-state index contributed by atoms with van der Waals surface area (Å²) in [5.41, 5.74) is 1.65. The fraction of sp³-hybridized carbons (Fsp3) is 0.571. The van der Waals surface area contributed by atoms with Gasteiger partial charge >= 0.3 is 0 Å². The first-order valence-corrected chi connectivity index (χ1v) is 10.1. The molecule has 1 rings (SSSR count). The van der Waals surface area contributed by atoms with Gasteiger partial charge in [-0.1, -0.05) is 13.8 Å². The average Bonchev–Trinajstić information content (AvgIpc) is 2.74. The number of anilines is 1. The van der Waals surface area contributed by atoms with Crippen LogP contribution in [0.1, 0.15) is 58.2 Å². The van der Waals surface area contributed by atoms with Crippen LogP contribution in [0.15, 0.2) is 0 Å². The Hall–Kier alpha value is -2.53. The van der Waals surface area contributed by atoms with Crippen molar-refractivity contribution in [2.45, 2.75) is 53.6 Å². The van der Waals surface area contributed by atoms with Crippen LogP contribution in [0.5, 0.6) is 0 Å². The number of amides is 3. The first-order chi connectivity index (χ1) is 14.6. The molecule has 0 aliphatic heterocycles. The summed E-state index contributed by atoms with van der Waals surface area (Å²) in [5, 5.41) is 44.5. The largest absolute Gasteiger partial charge is 0.394 e. The second kappa shape index (κ2) is 13.7. The highest BCUT2D eigenvalue weighted by Gasteiger charge is 2.27. The Bertz CT molecular complexity index is 720. The summed E-state index contributed by atoms with van der Waals surface area (Å²) in [6.45, 7) is 8.15. The van der Waals surface area contributed by atoms with Gasteiger partial charge < -0.3 is 36.4 Å². The van der Waals surface area contributed by atoms with E-state index in [1.165, 1.54) is 6.92 Å². The van der Waals surface area contributed by atoms with Crippen LogP contribution in [0.25, 0.3) is 0 Å². The van der Waals surface area contributed by atoms with Gasteiger partial charge in [-0.25, -0.2) is 0 Å². The van der Waals surface area contributed by atoms with E-state index < -0.39 is 56.2 Å². The molecule has 0 unspecified atom stereocenters. The van der Waals surface area contributed by atoms with Gasteiger partial charge in [0, 0.05) is 23.7 Å². The summed E-state index contributed by atoms with van der Waals surface area (Å²) in [4.78, 5) is 37.3. The lowest BCUT2D eigenvalue weighted by atomic mass is 9.89. The monoisotopic (exact) mass is 441 g/mol. The second-order valence-electron chi connectivity index (χ2n) is 6.75. The Balaban J connectivity index is 0.00000436. The Labute approximate surface area is 182 Å². The number of hydrogen-bond donors (Lipinski definition) is 7. The molecule has 0 aromatic heterocycles. The molecule has 31 heavy (non-hydrogen) atoms. The lowest BCUT2D eigenvalue weighted by Crippen LogP contribution is -2.42. The molecular formula is C21H35N3O7. The second-order valence-corrected chi connectivity index (χ2v) is 6.75. The maximum absolute atomic E-state index is 12.8. The van der Waals surface area contributed by atoms with Crippen LogP contribution >= 0.6 is 0 Å². The number of carbonyl (C=O) groups is 3. The van der Waals surface area contributed by atoms with Crippen LogP contribution in [-0.4, -0.2) is 76.7 Å². The van der Waals surface area contributed by atoms with E-state index in [4.69, 9.17) is 0 Å². The third kappa shape index (κ3) is 7.28. The predicted octanol–water partition coefficient (Wildman–Crippen LogP) is -0.238. The highest BCUT2D eigenvalue weighted by atomic mass is 16.3. The molecule has 0 aliphatic carbocycles. The van der Waals surface area contributed by atoms with Crippen molar-refractivity contribution in [3.8, 4) is 0 Å². The maximum Gasteiger partial charge on any atom is 0.252 e. The van der Waals surface area contributed by atoms with Crippen molar-refractivity contribution >= 4 is 23.4 Å². The molecule has 176 valence electrons. The highest BCUT2D eigenvalue weighted by molar-refractivity contribution is 6.07. The molecule has 1 aromatic carbocycles. The zero-order valence-electron chi connectivity index (χ0n) is 19.0. The lowest BCUT2D eigenvalue weighted by Gasteiger charge is -2.23. The Morgan fingerprint density at radius 2 is 1.03 bits per heavy atom. The number of nitrogens with one attached hydrogen (secondary N) is 3. The molecule has 3 amide bonds. The van der Waals surface area contributed by atoms with Crippen LogP contribution in [0, 0.1) is 20.8 Å². The molecule has 0 fully saturated rings. The summed E-state index contributed by atoms with van der Waals surface area (Å²) in [6, 6.07) is -1.78. The number of rotatable bonds is 9. The molecule has 1 aromatic rings. The first-order valence-electron chi connectivity index (χ1n) is 10.1. The van der Waals surface area contributed by atoms with Crippen molar-refractivity contribution in [2.75, 3.05) is 31.7 Å². The molecular weight excluding hydrogens is 406 g/mol. The molecule has 7 N–H and O–H groups in total. The van der Waals surface area contributed by atoms with E-state index in [9.17, 15) is 34.8 Å². The standard InChI is InChI=1S/C19H29N3O7.C2H6/c1-9-15(18(28)21-13(5-23)6-24)10(2)17(20-12(4)27)11(3)16(9)19(29)22-14(7-25)8-26;1-2/h13-14,23-26H,5-8H2,1-4H3,(H,20,27)(H,21,28)(H,22,29);1-2H3. The highest BCUT2D eigenvalue weighted by Crippen LogP contribution is 2.31. The molecule has 10 nitrogen and oxygen atoms in total. The van der Waals surface area contributed by atoms with E-state index in [1.807, 2.05) is 13.8 Å². The first kappa shape index (κ1) is 28.5. The molecule has 0 heterocycles. The van der Waals surface area contributed by atoms with Gasteiger partial charge in [0.25, 0.3) is 11.8 Å². The fourth-order valence-electron chi connectivity index (χ4n) is 3.08. The lowest BCUT2D eigenvalue weighted by molar-refractivity contribution is -0.114. The summed E-state index contributed by atoms with van der Waals surface area (Å²) in [7, 11) is 0. The Morgan fingerprint density at radius 1 is 0.710 bits per heavy atom. The zero-order chi connectivity index (χ0) is 24.3. The van der Waals surface area contributed by atoms with E-state index in [0.29, 0.717) is 16.7 Å². The van der Waals surface area contributed by atoms with Gasteiger partial charge in [0.15, 0.2) is 0 Å². The fourth-order valence-corrected chi connectivity index (χ4v) is 3.08. The number of hydrogen-bond acceptors (Lipinski definition) is 7. The molecule has 0 bridgehead atoms. The molecule has 0 saturated heterocycles. The van der Waals surface area contributed by atoms with E-state index in [-0.39, 0.29) is 16.8 Å². The van der Waals surface area contributed by atoms with Crippen LogP contribution in [0.3, 0.4) is 0 Å². The van der Waals surface area contributed by atoms with Crippen molar-refractivity contribution in [3.63, 3.8) is 0 Å². The van der Waals surface area contributed by atoms with Gasteiger partial charge in [-0.3, -0.25) is 14.4 Å². The van der Waals surface area contributed by atoms with Crippen LogP contribution in [-0.2, 0) is 4.79 Å². The van der Waals surface area contributed by atoms with Crippen molar-refractivity contribution in [1.82, 2.24) is 10.6 Å². The molecule has 10 heteroatoms. The van der Waals surface area contributed by atoms with E-state index in [1.54, 1.807) is 20.8 Å². The summed E-state index contributed by atoms with van der Waals surface area (Å²) in [5.74, 6) is -1.66. The third-order valence-electron chi connectivity index (χ3n) is 4.56. The van der Waals surface area contributed by atoms with Crippen LogP contribution < -0.4 is 16.0 Å². The van der Waals surface area contributed by atoms with Crippen molar-refractivity contribution in [3.05, 3.63) is 27.8 Å². The number of carbonyl (C=O) groups excluding carboxylic acids is 3. The summed E-state index contributed by atoms with van der Waals surface area (Å²) in [6.07, 6.45) is 0. The SMILES string of the molecule is CC.CC(=O)Nc1c(C)c(C(=O)NC(CO)CO)c(C)c(C(=O)NC(CO)CO)c1C. The summed E-state index contributed by atoms with van der Waals surface area (Å²) >= 11 is 0. The van der Waals surface area contributed by atoms with Crippen molar-refractivity contribution in [1.29, 1.82) is 0 Å². The predicted molar refractivity (Wildman–Crippen MR) is 117 cm³/mol. The third-order valence-corrected chi connectivity index (χ3v) is 4.56. The van der Waals surface area contributed by atoms with E-state index in [2.05, 4.69) is 16.0 Å². The van der Waals surface area contributed by atoms with Crippen LogP contribution in [0.4, 0.5) is 5.69 Å². The normalized spacial score (nSPS) is 10.5. The minimum absolute atomic E-state index is 0.112.